The number of halogens is 2. The number of aromatic nitrogens is 1. The molecule has 0 atom stereocenters. The smallest absolute Gasteiger partial charge is 0.341 e. The molecule has 1 saturated carbocycles. The van der Waals surface area contributed by atoms with Gasteiger partial charge in [0, 0.05) is 38.4 Å². The average molecular weight is 394 g/mol. The van der Waals surface area contributed by atoms with Gasteiger partial charge in [0.15, 0.2) is 11.6 Å². The molecule has 0 radical (unpaired) electrons. The van der Waals surface area contributed by atoms with Gasteiger partial charge in [-0.15, -0.1) is 0 Å². The van der Waals surface area contributed by atoms with Crippen LogP contribution in [-0.4, -0.2) is 51.8 Å². The molecule has 1 aliphatic carbocycles. The Morgan fingerprint density at radius 3 is 2.39 bits per heavy atom. The van der Waals surface area contributed by atoms with Crippen molar-refractivity contribution in [3.05, 3.63) is 33.6 Å². The summed E-state index contributed by atoms with van der Waals surface area (Å²) in [6, 6.07) is -0.158. The molecule has 1 aliphatic heterocycles. The lowest BCUT2D eigenvalue weighted by molar-refractivity contribution is 0.0695. The molecule has 2 fully saturated rings. The van der Waals surface area contributed by atoms with Crippen molar-refractivity contribution in [1.82, 2.24) is 14.6 Å². The number of fused-ring (bicyclic) bond motifs is 1. The molecule has 1 saturated heterocycles. The first kappa shape index (κ1) is 18.6. The second-order valence-electron chi connectivity index (χ2n) is 7.09. The molecule has 9 nitrogen and oxygen atoms in total. The van der Waals surface area contributed by atoms with Crippen molar-refractivity contribution < 1.29 is 18.7 Å². The number of hydrogen-bond acceptors (Lipinski definition) is 7. The summed E-state index contributed by atoms with van der Waals surface area (Å²) in [7, 11) is 0. The minimum Gasteiger partial charge on any atom is -0.477 e. The molecule has 2 aliphatic rings. The molecule has 4 rings (SSSR count). The van der Waals surface area contributed by atoms with Crippen LogP contribution in [0.3, 0.4) is 0 Å². The van der Waals surface area contributed by atoms with E-state index >= 15 is 4.39 Å². The largest absolute Gasteiger partial charge is 0.477 e. The number of anilines is 2. The Morgan fingerprint density at radius 2 is 1.82 bits per heavy atom. The first-order valence-corrected chi connectivity index (χ1v) is 8.89. The molecule has 28 heavy (non-hydrogen) atoms. The lowest BCUT2D eigenvalue weighted by Gasteiger charge is -2.33. The molecule has 0 spiro atoms. The SMILES string of the molecule is Nc1c(F)c(NN2CCN(N)CC2)c(F)c2c1c(=O)c(C(=O)O)cn2C1CC1. The molecule has 2 aromatic rings. The maximum atomic E-state index is 15.4. The summed E-state index contributed by atoms with van der Waals surface area (Å²) in [6.07, 6.45) is 2.52. The van der Waals surface area contributed by atoms with Crippen LogP contribution in [0.5, 0.6) is 0 Å². The van der Waals surface area contributed by atoms with E-state index in [9.17, 15) is 19.1 Å². The summed E-state index contributed by atoms with van der Waals surface area (Å²) in [6.45, 7) is 1.88. The van der Waals surface area contributed by atoms with E-state index in [4.69, 9.17) is 11.6 Å². The topological polar surface area (TPSA) is 130 Å². The fourth-order valence-corrected chi connectivity index (χ4v) is 3.45. The van der Waals surface area contributed by atoms with Crippen LogP contribution in [0.15, 0.2) is 11.0 Å². The van der Waals surface area contributed by atoms with Gasteiger partial charge in [0.1, 0.15) is 11.3 Å². The average Bonchev–Trinajstić information content (AvgIpc) is 3.49. The normalized spacial score (nSPS) is 18.5. The summed E-state index contributed by atoms with van der Waals surface area (Å²) in [5.41, 5.74) is 5.76. The Kier molecular flexibility index (Phi) is 4.44. The molecule has 1 aromatic heterocycles. The van der Waals surface area contributed by atoms with Crippen molar-refractivity contribution in [3.8, 4) is 0 Å². The van der Waals surface area contributed by atoms with Gasteiger partial charge in [-0.25, -0.2) is 23.6 Å². The lowest BCUT2D eigenvalue weighted by atomic mass is 10.1. The van der Waals surface area contributed by atoms with Gasteiger partial charge < -0.3 is 20.8 Å². The predicted octanol–water partition coefficient (Wildman–Crippen LogP) is 0.713. The van der Waals surface area contributed by atoms with Gasteiger partial charge in [0.05, 0.1) is 16.6 Å². The number of hydrogen-bond donors (Lipinski definition) is 4. The van der Waals surface area contributed by atoms with E-state index in [0.29, 0.717) is 39.0 Å². The number of carbonyl (C=O) groups is 1. The maximum absolute atomic E-state index is 15.4. The monoisotopic (exact) mass is 394 g/mol. The van der Waals surface area contributed by atoms with Gasteiger partial charge in [-0.3, -0.25) is 10.6 Å². The van der Waals surface area contributed by atoms with Crippen LogP contribution in [0.1, 0.15) is 29.2 Å². The zero-order valence-electron chi connectivity index (χ0n) is 14.9. The number of nitrogen functional groups attached to an aromatic ring is 1. The second-order valence-corrected chi connectivity index (χ2v) is 7.09. The first-order chi connectivity index (χ1) is 13.3. The van der Waals surface area contributed by atoms with Crippen LogP contribution >= 0.6 is 0 Å². The molecule has 6 N–H and O–H groups in total. The number of pyridine rings is 1. The zero-order chi connectivity index (χ0) is 20.2. The van der Waals surface area contributed by atoms with Gasteiger partial charge in [-0.1, -0.05) is 0 Å². The third-order valence-electron chi connectivity index (χ3n) is 5.14. The number of hydrazine groups is 2. The summed E-state index contributed by atoms with van der Waals surface area (Å²) >= 11 is 0. The molecule has 0 amide bonds. The van der Waals surface area contributed by atoms with Crippen LogP contribution in [-0.2, 0) is 0 Å². The van der Waals surface area contributed by atoms with Crippen molar-refractivity contribution in [2.45, 2.75) is 18.9 Å². The van der Waals surface area contributed by atoms with Crippen LogP contribution in [0.25, 0.3) is 10.9 Å². The number of piperazine rings is 1. The van der Waals surface area contributed by atoms with Crippen molar-refractivity contribution >= 4 is 28.2 Å². The molecule has 0 bridgehead atoms. The molecule has 1 aromatic carbocycles. The Bertz CT molecular complexity index is 1030. The third-order valence-corrected chi connectivity index (χ3v) is 5.14. The Hall–Kier alpha value is -2.76. The maximum Gasteiger partial charge on any atom is 0.341 e. The minimum atomic E-state index is -1.47. The van der Waals surface area contributed by atoms with E-state index in [-0.39, 0.29) is 11.6 Å². The Labute approximate surface area is 158 Å². The van der Waals surface area contributed by atoms with Gasteiger partial charge >= 0.3 is 5.97 Å². The number of carboxylic acids is 1. The van der Waals surface area contributed by atoms with Crippen molar-refractivity contribution in [2.24, 2.45) is 5.84 Å². The standard InChI is InChI=1S/C17H20F2N6O3/c18-11-13(20)10-15(12(19)14(11)22-24-5-3-23(21)4-6-24)25(8-1-2-8)7-9(16(10)26)17(27)28/h7-8,22H,1-6,20-21H2,(H,27,28). The predicted molar refractivity (Wildman–Crippen MR) is 98.7 cm³/mol. The van der Waals surface area contributed by atoms with Gasteiger partial charge in [-0.05, 0) is 12.8 Å². The Morgan fingerprint density at radius 1 is 1.18 bits per heavy atom. The summed E-state index contributed by atoms with van der Waals surface area (Å²) < 4.78 is 31.7. The number of nitrogens with one attached hydrogen (secondary N) is 1. The zero-order valence-corrected chi connectivity index (χ0v) is 14.9. The number of nitrogens with two attached hydrogens (primary N) is 2. The quantitative estimate of drug-likeness (QED) is 0.441. The molecular formula is C17H20F2N6O3. The van der Waals surface area contributed by atoms with Gasteiger partial charge in [-0.2, -0.15) is 0 Å². The van der Waals surface area contributed by atoms with Crippen molar-refractivity contribution in [1.29, 1.82) is 0 Å². The number of nitrogens with zero attached hydrogens (tertiary/aromatic N) is 3. The van der Waals surface area contributed by atoms with E-state index in [1.54, 1.807) is 10.0 Å². The van der Waals surface area contributed by atoms with Gasteiger partial charge in [0.25, 0.3) is 0 Å². The number of rotatable bonds is 4. The highest BCUT2D eigenvalue weighted by Crippen LogP contribution is 2.40. The number of aromatic carboxylic acids is 1. The molecule has 11 heteroatoms. The molecular weight excluding hydrogens is 374 g/mol. The first-order valence-electron chi connectivity index (χ1n) is 8.89. The highest BCUT2D eigenvalue weighted by atomic mass is 19.1. The van der Waals surface area contributed by atoms with E-state index in [2.05, 4.69) is 5.43 Å². The van der Waals surface area contributed by atoms with Crippen LogP contribution in [0, 0.1) is 11.6 Å². The summed E-state index contributed by atoms with van der Waals surface area (Å²) in [4.78, 5) is 24.0. The number of benzene rings is 1. The summed E-state index contributed by atoms with van der Waals surface area (Å²) in [5, 5.41) is 12.1. The molecule has 150 valence electrons. The van der Waals surface area contributed by atoms with E-state index in [0.717, 1.165) is 6.20 Å². The van der Waals surface area contributed by atoms with Crippen molar-refractivity contribution in [2.75, 3.05) is 37.3 Å². The molecule has 2 heterocycles. The van der Waals surface area contributed by atoms with Crippen LogP contribution < -0.4 is 22.4 Å². The van der Waals surface area contributed by atoms with E-state index < -0.39 is 45.4 Å². The van der Waals surface area contributed by atoms with E-state index in [1.165, 1.54) is 4.57 Å². The molecule has 0 unspecified atom stereocenters. The second kappa shape index (κ2) is 6.69. The van der Waals surface area contributed by atoms with Crippen molar-refractivity contribution in [3.63, 3.8) is 0 Å². The lowest BCUT2D eigenvalue weighted by Crippen LogP contribution is -2.51. The van der Waals surface area contributed by atoms with Crippen LogP contribution in [0.2, 0.25) is 0 Å². The third kappa shape index (κ3) is 2.97. The Balaban J connectivity index is 1.91. The fourth-order valence-electron chi connectivity index (χ4n) is 3.45. The highest BCUT2D eigenvalue weighted by molar-refractivity contribution is 5.99. The highest BCUT2D eigenvalue weighted by Gasteiger charge is 2.32. The number of carboxylic acid groups (broad SMARTS) is 1. The summed E-state index contributed by atoms with van der Waals surface area (Å²) in [5.74, 6) is 2.12. The minimum absolute atomic E-state index is 0.158. The van der Waals surface area contributed by atoms with Crippen LogP contribution in [0.4, 0.5) is 20.2 Å². The van der Waals surface area contributed by atoms with E-state index in [1.807, 2.05) is 0 Å². The fraction of sp³-hybridized carbons (Fsp3) is 0.412. The van der Waals surface area contributed by atoms with Gasteiger partial charge in [0.2, 0.25) is 5.43 Å².